The summed E-state index contributed by atoms with van der Waals surface area (Å²) in [4.78, 5) is 17.1. The molecular weight excluding hydrogens is 366 g/mol. The fourth-order valence-corrected chi connectivity index (χ4v) is 5.23. The van der Waals surface area contributed by atoms with Crippen LogP contribution in [0.25, 0.3) is 16.0 Å². The summed E-state index contributed by atoms with van der Waals surface area (Å²) < 4.78 is 5.90. The summed E-state index contributed by atoms with van der Waals surface area (Å²) in [6.07, 6.45) is 3.08. The van der Waals surface area contributed by atoms with E-state index in [2.05, 4.69) is 43.3 Å². The van der Waals surface area contributed by atoms with Crippen molar-refractivity contribution in [1.82, 2.24) is 4.90 Å². The average Bonchev–Trinajstić information content (AvgIpc) is 3.18. The molecule has 3 nitrogen and oxygen atoms in total. The highest BCUT2D eigenvalue weighted by Gasteiger charge is 2.26. The van der Waals surface area contributed by atoms with Crippen molar-refractivity contribution < 1.29 is 9.53 Å². The molecule has 2 aliphatic heterocycles. The Kier molecular flexibility index (Phi) is 4.29. The molecule has 4 heteroatoms. The normalized spacial score (nSPS) is 15.3. The van der Waals surface area contributed by atoms with E-state index in [-0.39, 0.29) is 5.91 Å². The molecule has 0 fully saturated rings. The van der Waals surface area contributed by atoms with Crippen LogP contribution in [0.5, 0.6) is 5.75 Å². The van der Waals surface area contributed by atoms with Crippen molar-refractivity contribution in [2.45, 2.75) is 20.0 Å². The van der Waals surface area contributed by atoms with Crippen LogP contribution < -0.4 is 4.74 Å². The van der Waals surface area contributed by atoms with E-state index in [1.165, 1.54) is 21.6 Å². The van der Waals surface area contributed by atoms with Crippen LogP contribution in [-0.2, 0) is 6.61 Å². The van der Waals surface area contributed by atoms with Gasteiger partial charge in [-0.1, -0.05) is 48.5 Å². The summed E-state index contributed by atoms with van der Waals surface area (Å²) in [6, 6.07) is 18.6. The minimum Gasteiger partial charge on any atom is -0.488 e. The Morgan fingerprint density at radius 1 is 1.11 bits per heavy atom. The van der Waals surface area contributed by atoms with Gasteiger partial charge in [-0.05, 0) is 42.2 Å². The van der Waals surface area contributed by atoms with E-state index in [1.807, 2.05) is 29.2 Å². The van der Waals surface area contributed by atoms with Gasteiger partial charge in [0.25, 0.3) is 5.91 Å². The summed E-state index contributed by atoms with van der Waals surface area (Å²) in [5, 5.41) is 0. The Morgan fingerprint density at radius 3 is 2.75 bits per heavy atom. The molecule has 2 aliphatic rings. The number of benzene rings is 2. The minimum absolute atomic E-state index is 0.123. The summed E-state index contributed by atoms with van der Waals surface area (Å²) in [5.74, 6) is 1.04. The summed E-state index contributed by atoms with van der Waals surface area (Å²) >= 11 is 1.60. The van der Waals surface area contributed by atoms with Crippen molar-refractivity contribution in [2.75, 3.05) is 13.1 Å². The molecule has 0 bridgehead atoms. The zero-order valence-corrected chi connectivity index (χ0v) is 16.6. The molecule has 3 aromatic rings. The van der Waals surface area contributed by atoms with Crippen LogP contribution in [0.2, 0.25) is 0 Å². The van der Waals surface area contributed by atoms with Gasteiger partial charge in [-0.15, -0.1) is 11.3 Å². The van der Waals surface area contributed by atoms with Crippen molar-refractivity contribution >= 4 is 22.8 Å². The summed E-state index contributed by atoms with van der Waals surface area (Å²) in [6.45, 7) is 4.05. The molecule has 0 unspecified atom stereocenters. The van der Waals surface area contributed by atoms with Gasteiger partial charge in [0.1, 0.15) is 12.4 Å². The van der Waals surface area contributed by atoms with Gasteiger partial charge in [-0.3, -0.25) is 4.79 Å². The lowest BCUT2D eigenvalue weighted by Crippen LogP contribution is -2.34. The van der Waals surface area contributed by atoms with Crippen molar-refractivity contribution in [3.05, 3.63) is 82.2 Å². The first-order chi connectivity index (χ1) is 13.7. The Bertz CT molecular complexity index is 1080. The maximum atomic E-state index is 13.1. The summed E-state index contributed by atoms with van der Waals surface area (Å²) in [7, 11) is 0. The standard InChI is InChI=1S/C24H21NO2S/c1-16-6-5-9-20-22(16)23-19(15-27-20)14-21(28-23)24(26)25-12-10-18(11-13-25)17-7-3-2-4-8-17/h2-10,14H,11-13,15H2,1H3. The van der Waals surface area contributed by atoms with E-state index in [4.69, 9.17) is 4.74 Å². The van der Waals surface area contributed by atoms with E-state index in [0.717, 1.165) is 34.7 Å². The fraction of sp³-hybridized carbons (Fsp3) is 0.208. The lowest BCUT2D eigenvalue weighted by Gasteiger charge is -2.26. The Labute approximate surface area is 168 Å². The lowest BCUT2D eigenvalue weighted by atomic mass is 9.99. The van der Waals surface area contributed by atoms with Crippen molar-refractivity contribution in [3.8, 4) is 16.2 Å². The number of amides is 1. The third-order valence-corrected chi connectivity index (χ3v) is 6.69. The highest BCUT2D eigenvalue weighted by molar-refractivity contribution is 7.17. The van der Waals surface area contributed by atoms with Gasteiger partial charge in [0, 0.05) is 29.1 Å². The van der Waals surface area contributed by atoms with Gasteiger partial charge >= 0.3 is 0 Å². The van der Waals surface area contributed by atoms with Crippen LogP contribution in [0.1, 0.15) is 32.8 Å². The Hall–Kier alpha value is -2.85. The third-order valence-electron chi connectivity index (χ3n) is 5.51. The number of nitrogens with zero attached hydrogens (tertiary/aromatic N) is 1. The molecule has 2 aromatic carbocycles. The van der Waals surface area contributed by atoms with Gasteiger partial charge in [0.05, 0.1) is 4.88 Å². The molecule has 0 aliphatic carbocycles. The monoisotopic (exact) mass is 387 g/mol. The molecule has 0 saturated carbocycles. The third kappa shape index (κ3) is 2.94. The number of carbonyl (C=O) groups excluding carboxylic acids is 1. The Balaban J connectivity index is 1.40. The second-order valence-electron chi connectivity index (χ2n) is 7.30. The second kappa shape index (κ2) is 6.95. The zero-order valence-electron chi connectivity index (χ0n) is 15.8. The molecule has 1 amide bonds. The first-order valence-electron chi connectivity index (χ1n) is 9.60. The number of rotatable bonds is 2. The van der Waals surface area contributed by atoms with Gasteiger partial charge in [0.15, 0.2) is 0 Å². The smallest absolute Gasteiger partial charge is 0.264 e. The largest absolute Gasteiger partial charge is 0.488 e. The SMILES string of the molecule is Cc1cccc2c1-c1sc(C(=O)N3CC=C(c4ccccc4)CC3)cc1CO2. The van der Waals surface area contributed by atoms with Crippen LogP contribution in [-0.4, -0.2) is 23.9 Å². The van der Waals surface area contributed by atoms with E-state index in [9.17, 15) is 4.79 Å². The number of thiophene rings is 1. The highest BCUT2D eigenvalue weighted by Crippen LogP contribution is 2.44. The number of hydrogen-bond acceptors (Lipinski definition) is 3. The average molecular weight is 388 g/mol. The number of fused-ring (bicyclic) bond motifs is 3. The highest BCUT2D eigenvalue weighted by atomic mass is 32.1. The van der Waals surface area contributed by atoms with E-state index < -0.39 is 0 Å². The first kappa shape index (κ1) is 17.3. The predicted molar refractivity (Wildman–Crippen MR) is 114 cm³/mol. The van der Waals surface area contributed by atoms with Gasteiger partial charge in [-0.2, -0.15) is 0 Å². The molecule has 0 atom stereocenters. The maximum Gasteiger partial charge on any atom is 0.264 e. The molecule has 28 heavy (non-hydrogen) atoms. The number of aryl methyl sites for hydroxylation is 1. The van der Waals surface area contributed by atoms with Crippen LogP contribution in [0.15, 0.2) is 60.7 Å². The molecule has 0 saturated heterocycles. The van der Waals surface area contributed by atoms with E-state index in [1.54, 1.807) is 11.3 Å². The van der Waals surface area contributed by atoms with Crippen molar-refractivity contribution in [3.63, 3.8) is 0 Å². The Morgan fingerprint density at radius 2 is 1.96 bits per heavy atom. The molecule has 0 radical (unpaired) electrons. The molecule has 140 valence electrons. The quantitative estimate of drug-likeness (QED) is 0.577. The second-order valence-corrected chi connectivity index (χ2v) is 8.35. The van der Waals surface area contributed by atoms with Gasteiger partial charge in [-0.25, -0.2) is 0 Å². The number of carbonyl (C=O) groups is 1. The molecule has 5 rings (SSSR count). The zero-order chi connectivity index (χ0) is 19.1. The molecule has 1 aromatic heterocycles. The fourth-order valence-electron chi connectivity index (χ4n) is 3.98. The molecule has 0 spiro atoms. The minimum atomic E-state index is 0.123. The van der Waals surface area contributed by atoms with Gasteiger partial charge < -0.3 is 9.64 Å². The number of ether oxygens (including phenoxy) is 1. The van der Waals surface area contributed by atoms with Crippen molar-refractivity contribution in [2.24, 2.45) is 0 Å². The molecule has 3 heterocycles. The predicted octanol–water partition coefficient (Wildman–Crippen LogP) is 5.55. The van der Waals surface area contributed by atoms with E-state index in [0.29, 0.717) is 13.2 Å². The van der Waals surface area contributed by atoms with Crippen LogP contribution >= 0.6 is 11.3 Å². The first-order valence-corrected chi connectivity index (χ1v) is 10.4. The van der Waals surface area contributed by atoms with E-state index >= 15 is 0 Å². The lowest BCUT2D eigenvalue weighted by molar-refractivity contribution is 0.0777. The maximum absolute atomic E-state index is 13.1. The molecule has 0 N–H and O–H groups in total. The topological polar surface area (TPSA) is 29.5 Å². The van der Waals surface area contributed by atoms with Gasteiger partial charge in [0.2, 0.25) is 0 Å². The number of hydrogen-bond donors (Lipinski definition) is 0. The van der Waals surface area contributed by atoms with Crippen LogP contribution in [0, 0.1) is 6.92 Å². The van der Waals surface area contributed by atoms with Crippen molar-refractivity contribution in [1.29, 1.82) is 0 Å². The van der Waals surface area contributed by atoms with Crippen LogP contribution in [0.4, 0.5) is 0 Å². The van der Waals surface area contributed by atoms with Crippen LogP contribution in [0.3, 0.4) is 0 Å². The summed E-state index contributed by atoms with van der Waals surface area (Å²) in [5.41, 5.74) is 6.02. The molecular formula is C24H21NO2S.